The maximum Gasteiger partial charge on any atom is 0.328 e. The minimum absolute atomic E-state index is 0.0618. The molecular weight excluding hydrogens is 296 g/mol. The first-order valence-electron chi connectivity index (χ1n) is 6.16. The van der Waals surface area contributed by atoms with Gasteiger partial charge in [0, 0.05) is 5.38 Å². The number of aromatic nitrogens is 1. The van der Waals surface area contributed by atoms with Gasteiger partial charge in [-0.3, -0.25) is 4.79 Å². The van der Waals surface area contributed by atoms with Gasteiger partial charge in [-0.05, 0) is 19.1 Å². The number of rotatable bonds is 6. The highest BCUT2D eigenvalue weighted by atomic mass is 32.1. The number of nitrogens with zero attached hydrogens (tertiary/aromatic N) is 1. The molecule has 2 aromatic rings. The first-order valence-corrected chi connectivity index (χ1v) is 7.04. The van der Waals surface area contributed by atoms with Gasteiger partial charge in [0.1, 0.15) is 0 Å². The van der Waals surface area contributed by atoms with Crippen molar-refractivity contribution in [1.29, 1.82) is 0 Å². The third kappa shape index (κ3) is 3.89. The van der Waals surface area contributed by atoms with E-state index < -0.39 is 24.0 Å². The van der Waals surface area contributed by atoms with Crippen LogP contribution in [0.2, 0.25) is 0 Å². The van der Waals surface area contributed by atoms with E-state index in [-0.39, 0.29) is 6.42 Å². The molecule has 2 rings (SSSR count). The van der Waals surface area contributed by atoms with Gasteiger partial charge in [-0.1, -0.05) is 0 Å². The maximum atomic E-state index is 11.8. The summed E-state index contributed by atoms with van der Waals surface area (Å²) in [6.45, 7) is 1.30. The van der Waals surface area contributed by atoms with Crippen LogP contribution in [0.3, 0.4) is 0 Å². The third-order valence-electron chi connectivity index (χ3n) is 2.69. The average molecular weight is 310 g/mol. The van der Waals surface area contributed by atoms with E-state index in [9.17, 15) is 14.7 Å². The van der Waals surface area contributed by atoms with Crippen LogP contribution in [0.1, 0.15) is 12.6 Å². The Morgan fingerprint density at radius 2 is 2.29 bits per heavy atom. The summed E-state index contributed by atoms with van der Waals surface area (Å²) in [6.07, 6.45) is 0.289. The number of furan rings is 1. The standard InChI is InChI=1S/C13H14N2O5S/c1-7(16)11(13(18)19)15-10(17)5-8-6-21-12(14-8)9-3-2-4-20-9/h2-4,6-7,11,16H,5H2,1H3,(H,15,17)(H,18,19)/t7-,11+/m1/s1. The predicted molar refractivity (Wildman–Crippen MR) is 74.8 cm³/mol. The minimum Gasteiger partial charge on any atom is -0.480 e. The fourth-order valence-corrected chi connectivity index (χ4v) is 2.47. The minimum atomic E-state index is -1.33. The normalized spacial score (nSPS) is 13.6. The summed E-state index contributed by atoms with van der Waals surface area (Å²) in [4.78, 5) is 26.9. The fraction of sp³-hybridized carbons (Fsp3) is 0.308. The molecule has 0 spiro atoms. The van der Waals surface area contributed by atoms with Crippen molar-refractivity contribution in [2.75, 3.05) is 0 Å². The topological polar surface area (TPSA) is 113 Å². The Morgan fingerprint density at radius 3 is 2.86 bits per heavy atom. The number of carboxylic acid groups (broad SMARTS) is 1. The molecule has 0 aliphatic rings. The number of amides is 1. The van der Waals surface area contributed by atoms with Crippen molar-refractivity contribution in [1.82, 2.24) is 10.3 Å². The molecule has 8 heteroatoms. The Labute approximate surface area is 124 Å². The summed E-state index contributed by atoms with van der Waals surface area (Å²) >= 11 is 1.33. The molecule has 2 heterocycles. The van der Waals surface area contributed by atoms with Gasteiger partial charge >= 0.3 is 5.97 Å². The Balaban J connectivity index is 1.98. The second-order valence-corrected chi connectivity index (χ2v) is 5.28. The number of hydrogen-bond donors (Lipinski definition) is 3. The molecule has 0 unspecified atom stereocenters. The third-order valence-corrected chi connectivity index (χ3v) is 3.60. The lowest BCUT2D eigenvalue weighted by molar-refractivity contribution is -0.144. The molecule has 0 radical (unpaired) electrons. The molecular formula is C13H14N2O5S. The molecule has 0 saturated heterocycles. The second kappa shape index (κ2) is 6.51. The highest BCUT2D eigenvalue weighted by Gasteiger charge is 2.25. The number of nitrogens with one attached hydrogen (secondary N) is 1. The van der Waals surface area contributed by atoms with Crippen LogP contribution < -0.4 is 5.32 Å². The molecule has 0 bridgehead atoms. The molecule has 2 atom stereocenters. The molecule has 21 heavy (non-hydrogen) atoms. The Bertz CT molecular complexity index is 620. The molecule has 112 valence electrons. The summed E-state index contributed by atoms with van der Waals surface area (Å²) in [6, 6.07) is 2.17. The number of carbonyl (C=O) groups excluding carboxylic acids is 1. The van der Waals surface area contributed by atoms with Crippen molar-refractivity contribution in [2.24, 2.45) is 0 Å². The van der Waals surface area contributed by atoms with E-state index in [4.69, 9.17) is 9.52 Å². The number of carboxylic acids is 1. The van der Waals surface area contributed by atoms with Crippen LogP contribution in [-0.4, -0.2) is 39.2 Å². The smallest absolute Gasteiger partial charge is 0.328 e. The number of aliphatic hydroxyl groups excluding tert-OH is 1. The van der Waals surface area contributed by atoms with Gasteiger partial charge in [-0.25, -0.2) is 9.78 Å². The van der Waals surface area contributed by atoms with E-state index >= 15 is 0 Å². The maximum absolute atomic E-state index is 11.8. The fourth-order valence-electron chi connectivity index (χ4n) is 1.68. The Kier molecular flexibility index (Phi) is 4.71. The quantitative estimate of drug-likeness (QED) is 0.730. The van der Waals surface area contributed by atoms with Crippen molar-refractivity contribution in [3.8, 4) is 10.8 Å². The summed E-state index contributed by atoms with van der Waals surface area (Å²) in [5, 5.41) is 22.8. The van der Waals surface area contributed by atoms with E-state index in [2.05, 4.69) is 10.3 Å². The highest BCUT2D eigenvalue weighted by molar-refractivity contribution is 7.13. The first kappa shape index (κ1) is 15.2. The molecule has 0 aromatic carbocycles. The lowest BCUT2D eigenvalue weighted by atomic mass is 10.2. The molecule has 0 saturated carbocycles. The van der Waals surface area contributed by atoms with Crippen molar-refractivity contribution in [3.63, 3.8) is 0 Å². The van der Waals surface area contributed by atoms with Crippen LogP contribution >= 0.6 is 11.3 Å². The largest absolute Gasteiger partial charge is 0.480 e. The van der Waals surface area contributed by atoms with Gasteiger partial charge < -0.3 is 19.9 Å². The van der Waals surface area contributed by atoms with Gasteiger partial charge in [0.2, 0.25) is 5.91 Å². The molecule has 2 aromatic heterocycles. The zero-order chi connectivity index (χ0) is 15.4. The molecule has 3 N–H and O–H groups in total. The van der Waals surface area contributed by atoms with E-state index in [0.29, 0.717) is 16.5 Å². The number of aliphatic carboxylic acids is 1. The van der Waals surface area contributed by atoms with Gasteiger partial charge in [-0.2, -0.15) is 0 Å². The first-order chi connectivity index (χ1) is 9.97. The van der Waals surface area contributed by atoms with Crippen molar-refractivity contribution >= 4 is 23.2 Å². The molecule has 0 fully saturated rings. The van der Waals surface area contributed by atoms with E-state index in [0.717, 1.165) is 0 Å². The number of carbonyl (C=O) groups is 2. The van der Waals surface area contributed by atoms with Crippen LogP contribution in [0.25, 0.3) is 10.8 Å². The second-order valence-electron chi connectivity index (χ2n) is 4.42. The van der Waals surface area contributed by atoms with Gasteiger partial charge in [0.05, 0.1) is 24.5 Å². The molecule has 0 aliphatic carbocycles. The number of aliphatic hydroxyl groups is 1. The van der Waals surface area contributed by atoms with Crippen molar-refractivity contribution < 1.29 is 24.2 Å². The van der Waals surface area contributed by atoms with Crippen LogP contribution in [0.4, 0.5) is 0 Å². The zero-order valence-electron chi connectivity index (χ0n) is 11.1. The Hall–Kier alpha value is -2.19. The van der Waals surface area contributed by atoms with Gasteiger partial charge in [0.15, 0.2) is 16.8 Å². The summed E-state index contributed by atoms with van der Waals surface area (Å²) in [7, 11) is 0. The lowest BCUT2D eigenvalue weighted by Gasteiger charge is -2.16. The van der Waals surface area contributed by atoms with Gasteiger partial charge in [0.25, 0.3) is 0 Å². The number of hydrogen-bond acceptors (Lipinski definition) is 6. The lowest BCUT2D eigenvalue weighted by Crippen LogP contribution is -2.48. The van der Waals surface area contributed by atoms with Crippen LogP contribution in [-0.2, 0) is 16.0 Å². The highest BCUT2D eigenvalue weighted by Crippen LogP contribution is 2.24. The predicted octanol–water partition coefficient (Wildman–Crippen LogP) is 0.896. The van der Waals surface area contributed by atoms with Crippen LogP contribution in [0.15, 0.2) is 28.2 Å². The summed E-state index contributed by atoms with van der Waals surface area (Å²) in [5.41, 5.74) is 0.513. The monoisotopic (exact) mass is 310 g/mol. The SMILES string of the molecule is C[C@@H](O)[C@H](NC(=O)Cc1csc(-c2ccco2)n1)C(=O)O. The average Bonchev–Trinajstić information content (AvgIpc) is 3.05. The summed E-state index contributed by atoms with van der Waals surface area (Å²) in [5.74, 6) is -1.19. The Morgan fingerprint density at radius 1 is 1.52 bits per heavy atom. The van der Waals surface area contributed by atoms with Crippen LogP contribution in [0.5, 0.6) is 0 Å². The van der Waals surface area contributed by atoms with E-state index in [1.807, 2.05) is 0 Å². The van der Waals surface area contributed by atoms with E-state index in [1.165, 1.54) is 24.5 Å². The van der Waals surface area contributed by atoms with E-state index in [1.54, 1.807) is 17.5 Å². The van der Waals surface area contributed by atoms with Crippen molar-refractivity contribution in [3.05, 3.63) is 29.5 Å². The van der Waals surface area contributed by atoms with Gasteiger partial charge in [-0.15, -0.1) is 11.3 Å². The summed E-state index contributed by atoms with van der Waals surface area (Å²) < 4.78 is 5.20. The van der Waals surface area contributed by atoms with Crippen LogP contribution in [0, 0.1) is 0 Å². The zero-order valence-corrected chi connectivity index (χ0v) is 12.0. The molecule has 0 aliphatic heterocycles. The van der Waals surface area contributed by atoms with Crippen molar-refractivity contribution in [2.45, 2.75) is 25.5 Å². The molecule has 1 amide bonds. The number of thiazole rings is 1. The molecule has 7 nitrogen and oxygen atoms in total.